The molecule has 2 aromatic rings. The molecule has 2 N–H and O–H groups in total. The van der Waals surface area contributed by atoms with Gasteiger partial charge in [0.15, 0.2) is 0 Å². The maximum absolute atomic E-state index is 12.1. The normalized spacial score (nSPS) is 10.7. The van der Waals surface area contributed by atoms with Gasteiger partial charge in [0.2, 0.25) is 0 Å². The molecule has 1 aromatic carbocycles. The third-order valence-electron chi connectivity index (χ3n) is 3.50. The van der Waals surface area contributed by atoms with E-state index in [0.29, 0.717) is 17.1 Å². The predicted molar refractivity (Wildman–Crippen MR) is 98.8 cm³/mol. The molecule has 5 nitrogen and oxygen atoms in total. The van der Waals surface area contributed by atoms with E-state index in [1.807, 2.05) is 44.4 Å². The molecule has 1 aromatic heterocycles. The van der Waals surface area contributed by atoms with Crippen molar-refractivity contribution in [3.05, 3.63) is 58.7 Å². The number of halogens is 1. The van der Waals surface area contributed by atoms with Crippen LogP contribution in [0, 0.1) is 0 Å². The first kappa shape index (κ1) is 18.2. The summed E-state index contributed by atoms with van der Waals surface area (Å²) < 4.78 is 0. The van der Waals surface area contributed by atoms with Gasteiger partial charge in [-0.2, -0.15) is 0 Å². The molecule has 0 saturated heterocycles. The van der Waals surface area contributed by atoms with Gasteiger partial charge in [-0.3, -0.25) is 4.79 Å². The summed E-state index contributed by atoms with van der Waals surface area (Å²) in [6.07, 6.45) is 2.36. The molecule has 0 spiro atoms. The fourth-order valence-corrected chi connectivity index (χ4v) is 2.24. The first-order valence-corrected chi connectivity index (χ1v) is 8.29. The molecule has 6 heteroatoms. The second-order valence-corrected chi connectivity index (χ2v) is 6.23. The van der Waals surface area contributed by atoms with E-state index in [-0.39, 0.29) is 5.91 Å². The second kappa shape index (κ2) is 9.25. The van der Waals surface area contributed by atoms with Gasteiger partial charge in [-0.25, -0.2) is 4.98 Å². The zero-order valence-electron chi connectivity index (χ0n) is 14.1. The van der Waals surface area contributed by atoms with Crippen LogP contribution in [0.2, 0.25) is 5.02 Å². The van der Waals surface area contributed by atoms with Crippen LogP contribution >= 0.6 is 11.6 Å². The van der Waals surface area contributed by atoms with Crippen molar-refractivity contribution in [3.63, 3.8) is 0 Å². The third-order valence-corrected chi connectivity index (χ3v) is 3.76. The maximum Gasteiger partial charge on any atom is 0.252 e. The highest BCUT2D eigenvalue weighted by Crippen LogP contribution is 2.10. The van der Waals surface area contributed by atoms with Crippen molar-refractivity contribution in [2.75, 3.05) is 39.0 Å². The molecule has 0 aliphatic rings. The number of hydrogen-bond acceptors (Lipinski definition) is 4. The van der Waals surface area contributed by atoms with Crippen LogP contribution in [-0.4, -0.2) is 49.5 Å². The molecule has 0 aliphatic heterocycles. The highest BCUT2D eigenvalue weighted by Gasteiger charge is 2.05. The Balaban J connectivity index is 1.76. The van der Waals surface area contributed by atoms with Gasteiger partial charge in [0.25, 0.3) is 5.91 Å². The molecular weight excluding hydrogens is 324 g/mol. The van der Waals surface area contributed by atoms with Crippen LogP contribution < -0.4 is 10.6 Å². The van der Waals surface area contributed by atoms with E-state index in [2.05, 4.69) is 20.5 Å². The fraction of sp³-hybridized carbons (Fsp3) is 0.333. The van der Waals surface area contributed by atoms with E-state index in [0.717, 1.165) is 30.9 Å². The Morgan fingerprint density at radius 3 is 2.50 bits per heavy atom. The van der Waals surface area contributed by atoms with Gasteiger partial charge in [-0.1, -0.05) is 23.7 Å². The summed E-state index contributed by atoms with van der Waals surface area (Å²) in [7, 11) is 4.04. The van der Waals surface area contributed by atoms with Gasteiger partial charge in [0, 0.05) is 30.9 Å². The molecule has 0 unspecified atom stereocenters. The number of rotatable bonds is 8. The molecule has 1 heterocycles. The zero-order valence-corrected chi connectivity index (χ0v) is 14.8. The Labute approximate surface area is 148 Å². The van der Waals surface area contributed by atoms with Crippen molar-refractivity contribution in [1.29, 1.82) is 0 Å². The van der Waals surface area contributed by atoms with E-state index in [1.165, 1.54) is 0 Å². The molecule has 1 amide bonds. The fourth-order valence-electron chi connectivity index (χ4n) is 2.11. The van der Waals surface area contributed by atoms with Crippen LogP contribution in [-0.2, 0) is 6.42 Å². The van der Waals surface area contributed by atoms with Crippen molar-refractivity contribution in [1.82, 2.24) is 15.2 Å². The van der Waals surface area contributed by atoms with Crippen molar-refractivity contribution in [2.24, 2.45) is 0 Å². The average molecular weight is 347 g/mol. The maximum atomic E-state index is 12.1. The number of nitrogens with zero attached hydrogens (tertiary/aromatic N) is 2. The topological polar surface area (TPSA) is 57.3 Å². The van der Waals surface area contributed by atoms with Crippen LogP contribution in [0.4, 0.5) is 5.82 Å². The molecule has 0 bridgehead atoms. The summed E-state index contributed by atoms with van der Waals surface area (Å²) in [6, 6.07) is 11.2. The van der Waals surface area contributed by atoms with Crippen LogP contribution in [0.3, 0.4) is 0 Å². The van der Waals surface area contributed by atoms with Gasteiger partial charge < -0.3 is 15.5 Å². The first-order valence-electron chi connectivity index (χ1n) is 7.92. The highest BCUT2D eigenvalue weighted by molar-refractivity contribution is 6.30. The van der Waals surface area contributed by atoms with Crippen molar-refractivity contribution >= 4 is 23.3 Å². The quantitative estimate of drug-likeness (QED) is 0.771. The smallest absolute Gasteiger partial charge is 0.252 e. The summed E-state index contributed by atoms with van der Waals surface area (Å²) in [4.78, 5) is 18.5. The molecule has 0 radical (unpaired) electrons. The van der Waals surface area contributed by atoms with Crippen LogP contribution in [0.5, 0.6) is 0 Å². The number of likely N-dealkylation sites (N-methyl/N-ethyl adjacent to an activating group) is 1. The Bertz CT molecular complexity index is 641. The number of carbonyl (C=O) groups excluding carboxylic acids is 1. The van der Waals surface area contributed by atoms with E-state index < -0.39 is 0 Å². The molecule has 128 valence electrons. The summed E-state index contributed by atoms with van der Waals surface area (Å²) in [5.74, 6) is 0.658. The summed E-state index contributed by atoms with van der Waals surface area (Å²) in [6.45, 7) is 2.31. The van der Waals surface area contributed by atoms with Gasteiger partial charge >= 0.3 is 0 Å². The lowest BCUT2D eigenvalue weighted by Gasteiger charge is -2.11. The van der Waals surface area contributed by atoms with Gasteiger partial charge in [0.1, 0.15) is 5.82 Å². The Hall–Kier alpha value is -2.11. The minimum absolute atomic E-state index is 0.115. The van der Waals surface area contributed by atoms with Gasteiger partial charge in [-0.05, 0) is 50.3 Å². The number of amides is 1. The molecule has 0 aliphatic carbocycles. The summed E-state index contributed by atoms with van der Waals surface area (Å²) >= 11 is 5.85. The first-order chi connectivity index (χ1) is 11.5. The standard InChI is InChI=1S/C18H23ClN4O/c1-23(2)12-11-20-17-8-5-15(13-22-17)18(24)21-10-9-14-3-6-16(19)7-4-14/h3-8,13H,9-12H2,1-2H3,(H,20,22)(H,21,24). The van der Waals surface area contributed by atoms with Crippen LogP contribution in [0.15, 0.2) is 42.6 Å². The lowest BCUT2D eigenvalue weighted by Crippen LogP contribution is -2.26. The van der Waals surface area contributed by atoms with Crippen molar-refractivity contribution in [3.8, 4) is 0 Å². The molecule has 0 atom stereocenters. The van der Waals surface area contributed by atoms with E-state index in [4.69, 9.17) is 11.6 Å². The third kappa shape index (κ3) is 6.18. The monoisotopic (exact) mass is 346 g/mol. The number of nitrogens with one attached hydrogen (secondary N) is 2. The minimum atomic E-state index is -0.115. The molecule has 0 saturated carbocycles. The Kier molecular flexibility index (Phi) is 7.03. The predicted octanol–water partition coefficient (Wildman–Crippen LogP) is 2.68. The molecular formula is C18H23ClN4O. The van der Waals surface area contributed by atoms with Gasteiger partial charge in [0.05, 0.1) is 5.56 Å². The molecule has 2 rings (SSSR count). The lowest BCUT2D eigenvalue weighted by molar-refractivity contribution is 0.0954. The minimum Gasteiger partial charge on any atom is -0.369 e. The average Bonchev–Trinajstić information content (AvgIpc) is 2.57. The van der Waals surface area contributed by atoms with Crippen molar-refractivity contribution < 1.29 is 4.79 Å². The molecule has 24 heavy (non-hydrogen) atoms. The zero-order chi connectivity index (χ0) is 17.4. The molecule has 0 fully saturated rings. The number of benzene rings is 1. The van der Waals surface area contributed by atoms with Crippen LogP contribution in [0.1, 0.15) is 15.9 Å². The largest absolute Gasteiger partial charge is 0.369 e. The Morgan fingerprint density at radius 2 is 1.88 bits per heavy atom. The number of aromatic nitrogens is 1. The van der Waals surface area contributed by atoms with Crippen LogP contribution in [0.25, 0.3) is 0 Å². The van der Waals surface area contributed by atoms with E-state index in [1.54, 1.807) is 12.3 Å². The number of hydrogen-bond donors (Lipinski definition) is 2. The number of pyridine rings is 1. The summed E-state index contributed by atoms with van der Waals surface area (Å²) in [5, 5.41) is 6.83. The van der Waals surface area contributed by atoms with Crippen molar-refractivity contribution in [2.45, 2.75) is 6.42 Å². The van der Waals surface area contributed by atoms with E-state index >= 15 is 0 Å². The summed E-state index contributed by atoms with van der Waals surface area (Å²) in [5.41, 5.74) is 1.70. The number of carbonyl (C=O) groups is 1. The highest BCUT2D eigenvalue weighted by atomic mass is 35.5. The SMILES string of the molecule is CN(C)CCNc1ccc(C(=O)NCCc2ccc(Cl)cc2)cn1. The van der Waals surface area contributed by atoms with Gasteiger partial charge in [-0.15, -0.1) is 0 Å². The van der Waals surface area contributed by atoms with E-state index in [9.17, 15) is 4.79 Å². The Morgan fingerprint density at radius 1 is 1.12 bits per heavy atom. The number of anilines is 1. The lowest BCUT2D eigenvalue weighted by atomic mass is 10.1. The second-order valence-electron chi connectivity index (χ2n) is 5.79.